The van der Waals surface area contributed by atoms with Gasteiger partial charge in [0.1, 0.15) is 5.82 Å². The molecule has 2 aromatic heterocycles. The maximum Gasteiger partial charge on any atom is 0.256 e. The first kappa shape index (κ1) is 21.3. The van der Waals surface area contributed by atoms with Crippen molar-refractivity contribution in [2.45, 2.75) is 19.4 Å². The number of hydrogen-bond acceptors (Lipinski definition) is 6. The van der Waals surface area contributed by atoms with Crippen LogP contribution in [0, 0.1) is 12.8 Å². The van der Waals surface area contributed by atoms with Gasteiger partial charge < -0.3 is 9.80 Å². The number of rotatable bonds is 3. The summed E-state index contributed by atoms with van der Waals surface area (Å²) in [7, 11) is 0. The molecule has 0 spiro atoms. The van der Waals surface area contributed by atoms with Gasteiger partial charge in [0.05, 0.1) is 57.0 Å². The van der Waals surface area contributed by atoms with Gasteiger partial charge >= 0.3 is 0 Å². The number of carbonyl (C=O) groups is 1. The number of amides is 1. The van der Waals surface area contributed by atoms with Crippen LogP contribution in [0.2, 0.25) is 10.0 Å². The second-order valence-corrected chi connectivity index (χ2v) is 9.66. The molecule has 0 unspecified atom stereocenters. The zero-order valence-electron chi connectivity index (χ0n) is 18.4. The predicted molar refractivity (Wildman–Crippen MR) is 131 cm³/mol. The fraction of sp³-hybridized carbons (Fsp3) is 0.292. The molecule has 0 bridgehead atoms. The van der Waals surface area contributed by atoms with E-state index < -0.39 is 0 Å². The highest BCUT2D eigenvalue weighted by molar-refractivity contribution is 6.42. The molecule has 1 amide bonds. The lowest BCUT2D eigenvalue weighted by molar-refractivity contribution is 0.0591. The molecule has 2 fully saturated rings. The van der Waals surface area contributed by atoms with Crippen LogP contribution in [0.15, 0.2) is 48.9 Å². The van der Waals surface area contributed by atoms with Gasteiger partial charge in [0, 0.05) is 25.6 Å². The van der Waals surface area contributed by atoms with Crippen LogP contribution in [0.4, 0.5) is 5.82 Å². The molecular formula is C24H21Cl2N7O. The normalized spacial score (nSPS) is 19.7. The second-order valence-electron chi connectivity index (χ2n) is 8.84. The third-order valence-electron chi connectivity index (χ3n) is 6.72. The zero-order chi connectivity index (χ0) is 23.4. The van der Waals surface area contributed by atoms with Gasteiger partial charge in [-0.1, -0.05) is 34.8 Å². The SMILES string of the molecule is Cc1ccc(-n2nccn2)c(C(=O)N2CC[C@H]3CN(c4cnc5cc(Cl)c(Cl)cc5n4)[C@H]3C2)c1. The van der Waals surface area contributed by atoms with E-state index in [9.17, 15) is 4.79 Å². The Hall–Kier alpha value is -3.23. The van der Waals surface area contributed by atoms with Crippen molar-refractivity contribution in [2.75, 3.05) is 24.5 Å². The van der Waals surface area contributed by atoms with Gasteiger partial charge in [0.15, 0.2) is 0 Å². The van der Waals surface area contributed by atoms with Crippen molar-refractivity contribution in [2.24, 2.45) is 5.92 Å². The van der Waals surface area contributed by atoms with Crippen molar-refractivity contribution in [1.29, 1.82) is 0 Å². The molecule has 8 nitrogen and oxygen atoms in total. The molecular weight excluding hydrogens is 473 g/mol. The first-order chi connectivity index (χ1) is 16.5. The first-order valence-corrected chi connectivity index (χ1v) is 11.9. The number of anilines is 1. The average molecular weight is 494 g/mol. The Morgan fingerprint density at radius 3 is 2.59 bits per heavy atom. The van der Waals surface area contributed by atoms with Crippen LogP contribution in [-0.4, -0.2) is 61.4 Å². The quantitative estimate of drug-likeness (QED) is 0.425. The molecule has 34 heavy (non-hydrogen) atoms. The van der Waals surface area contributed by atoms with E-state index in [1.165, 1.54) is 4.80 Å². The van der Waals surface area contributed by atoms with Crippen molar-refractivity contribution in [1.82, 2.24) is 29.9 Å². The molecule has 6 rings (SSSR count). The average Bonchev–Trinajstić information content (AvgIpc) is 3.35. The lowest BCUT2D eigenvalue weighted by atomic mass is 9.82. The van der Waals surface area contributed by atoms with E-state index in [1.54, 1.807) is 30.7 Å². The monoisotopic (exact) mass is 493 g/mol. The minimum absolute atomic E-state index is 0.00711. The van der Waals surface area contributed by atoms with Gasteiger partial charge in [0.2, 0.25) is 0 Å². The summed E-state index contributed by atoms with van der Waals surface area (Å²) in [4.78, 5) is 28.6. The molecule has 172 valence electrons. The summed E-state index contributed by atoms with van der Waals surface area (Å²) in [5.41, 5.74) is 3.72. The smallest absolute Gasteiger partial charge is 0.256 e. The van der Waals surface area contributed by atoms with E-state index in [4.69, 9.17) is 28.2 Å². The fourth-order valence-corrected chi connectivity index (χ4v) is 5.20. The van der Waals surface area contributed by atoms with Gasteiger partial charge in [0.25, 0.3) is 5.91 Å². The summed E-state index contributed by atoms with van der Waals surface area (Å²) < 4.78 is 0. The maximum atomic E-state index is 13.6. The van der Waals surface area contributed by atoms with E-state index in [1.807, 2.05) is 30.0 Å². The van der Waals surface area contributed by atoms with E-state index >= 15 is 0 Å². The molecule has 10 heteroatoms. The molecule has 0 saturated carbocycles. The minimum Gasteiger partial charge on any atom is -0.350 e. The van der Waals surface area contributed by atoms with E-state index in [0.717, 1.165) is 30.9 Å². The van der Waals surface area contributed by atoms with E-state index in [-0.39, 0.29) is 11.9 Å². The number of piperidine rings is 1. The molecule has 2 aliphatic rings. The number of halogens is 2. The predicted octanol–water partition coefficient (Wildman–Crippen LogP) is 4.18. The molecule has 4 aromatic rings. The summed E-state index contributed by atoms with van der Waals surface area (Å²) in [6.45, 7) is 4.24. The Bertz CT molecular complexity index is 1410. The fourth-order valence-electron chi connectivity index (χ4n) is 4.89. The number of benzene rings is 2. The number of aromatic nitrogens is 5. The van der Waals surface area contributed by atoms with Gasteiger partial charge in [-0.25, -0.2) is 4.98 Å². The van der Waals surface area contributed by atoms with Crippen LogP contribution >= 0.6 is 23.2 Å². The maximum absolute atomic E-state index is 13.6. The van der Waals surface area contributed by atoms with Crippen LogP contribution in [0.3, 0.4) is 0 Å². The number of aryl methyl sites for hydroxylation is 1. The number of fused-ring (bicyclic) bond motifs is 2. The molecule has 2 aromatic carbocycles. The summed E-state index contributed by atoms with van der Waals surface area (Å²) in [5, 5.41) is 9.37. The molecule has 2 aliphatic heterocycles. The van der Waals surface area contributed by atoms with Crippen LogP contribution in [-0.2, 0) is 0 Å². The zero-order valence-corrected chi connectivity index (χ0v) is 19.9. The highest BCUT2D eigenvalue weighted by atomic mass is 35.5. The largest absolute Gasteiger partial charge is 0.350 e. The molecule has 0 aliphatic carbocycles. The van der Waals surface area contributed by atoms with Gasteiger partial charge in [-0.05, 0) is 37.6 Å². The summed E-state index contributed by atoms with van der Waals surface area (Å²) in [5.74, 6) is 1.31. The van der Waals surface area contributed by atoms with Crippen LogP contribution in [0.1, 0.15) is 22.3 Å². The highest BCUT2D eigenvalue weighted by Crippen LogP contribution is 2.37. The van der Waals surface area contributed by atoms with Crippen LogP contribution in [0.25, 0.3) is 16.7 Å². The lowest BCUT2D eigenvalue weighted by Gasteiger charge is -2.53. The molecule has 0 N–H and O–H groups in total. The molecule has 4 heterocycles. The van der Waals surface area contributed by atoms with Crippen molar-refractivity contribution >= 4 is 46.0 Å². The van der Waals surface area contributed by atoms with Gasteiger partial charge in [-0.15, -0.1) is 0 Å². The third kappa shape index (κ3) is 3.58. The van der Waals surface area contributed by atoms with Gasteiger partial charge in [-0.2, -0.15) is 15.0 Å². The number of carbonyl (C=O) groups excluding carboxylic acids is 1. The number of hydrogen-bond donors (Lipinski definition) is 0. The minimum atomic E-state index is -0.00711. The second kappa shape index (κ2) is 8.21. The molecule has 2 atom stereocenters. The lowest BCUT2D eigenvalue weighted by Crippen LogP contribution is -2.65. The van der Waals surface area contributed by atoms with Crippen LogP contribution in [0.5, 0.6) is 0 Å². The van der Waals surface area contributed by atoms with E-state index in [0.29, 0.717) is 44.8 Å². The Balaban J connectivity index is 1.26. The summed E-state index contributed by atoms with van der Waals surface area (Å²) in [6, 6.07) is 9.44. The topological polar surface area (TPSA) is 80.0 Å². The third-order valence-corrected chi connectivity index (χ3v) is 7.44. The summed E-state index contributed by atoms with van der Waals surface area (Å²) >= 11 is 12.3. The number of nitrogens with zero attached hydrogens (tertiary/aromatic N) is 7. The molecule has 2 saturated heterocycles. The first-order valence-electron chi connectivity index (χ1n) is 11.1. The Kier molecular flexibility index (Phi) is 5.15. The van der Waals surface area contributed by atoms with Crippen molar-refractivity contribution in [3.05, 3.63) is 70.1 Å². The Labute approximate surface area is 206 Å². The van der Waals surface area contributed by atoms with Gasteiger partial charge in [-0.3, -0.25) is 9.78 Å². The van der Waals surface area contributed by atoms with Crippen molar-refractivity contribution < 1.29 is 4.79 Å². The Morgan fingerprint density at radius 1 is 1.03 bits per heavy atom. The highest BCUT2D eigenvalue weighted by Gasteiger charge is 2.44. The summed E-state index contributed by atoms with van der Waals surface area (Å²) in [6.07, 6.45) is 5.94. The van der Waals surface area contributed by atoms with Crippen molar-refractivity contribution in [3.63, 3.8) is 0 Å². The standard InChI is InChI=1S/C24H21Cl2N7O/c1-14-2-3-21(33-28-5-6-29-33)16(8-14)24(34)31-7-4-15-12-32(22(15)13-31)23-11-27-19-9-17(25)18(26)10-20(19)30-23/h2-3,5-6,8-11,15,22H,4,7,12-13H2,1H3/t15-,22-/m0/s1. The van der Waals surface area contributed by atoms with E-state index in [2.05, 4.69) is 20.1 Å². The van der Waals surface area contributed by atoms with Crippen molar-refractivity contribution in [3.8, 4) is 5.69 Å². The molecule has 0 radical (unpaired) electrons. The van der Waals surface area contributed by atoms with Crippen LogP contribution < -0.4 is 4.90 Å². The Morgan fingerprint density at radius 2 is 1.79 bits per heavy atom. The number of likely N-dealkylation sites (tertiary alicyclic amines) is 1.